The molecule has 1 aliphatic rings. The molecule has 16 heavy (non-hydrogen) atoms. The van der Waals surface area contributed by atoms with E-state index in [0.717, 1.165) is 56.0 Å². The molecule has 1 fully saturated rings. The van der Waals surface area contributed by atoms with Crippen molar-refractivity contribution in [2.45, 2.75) is 32.6 Å². The lowest BCUT2D eigenvalue weighted by Crippen LogP contribution is -2.34. The summed E-state index contributed by atoms with van der Waals surface area (Å²) in [6.45, 7) is 4.00. The van der Waals surface area contributed by atoms with Gasteiger partial charge >= 0.3 is 0 Å². The van der Waals surface area contributed by atoms with E-state index in [1.165, 1.54) is 11.5 Å². The molecule has 88 valence electrons. The molecule has 0 unspecified atom stereocenters. The molecule has 2 rings (SSSR count). The van der Waals surface area contributed by atoms with Crippen molar-refractivity contribution in [1.82, 2.24) is 9.36 Å². The lowest BCUT2D eigenvalue weighted by molar-refractivity contribution is -0.111. The van der Waals surface area contributed by atoms with Gasteiger partial charge in [0, 0.05) is 37.0 Å². The van der Waals surface area contributed by atoms with Crippen molar-refractivity contribution in [2.24, 2.45) is 5.92 Å². The van der Waals surface area contributed by atoms with Gasteiger partial charge in [-0.05, 0) is 19.3 Å². The second kappa shape index (κ2) is 5.39. The molecule has 1 saturated heterocycles. The van der Waals surface area contributed by atoms with Crippen LogP contribution >= 0.6 is 11.5 Å². The lowest BCUT2D eigenvalue weighted by atomic mass is 9.99. The Hall–Kier alpha value is -0.970. The molecule has 0 bridgehead atoms. The number of piperidine rings is 1. The van der Waals surface area contributed by atoms with Crippen LogP contribution in [0, 0.1) is 5.92 Å². The fourth-order valence-corrected chi connectivity index (χ4v) is 2.69. The third-order valence-electron chi connectivity index (χ3n) is 2.93. The molecular weight excluding hydrogens is 222 g/mol. The summed E-state index contributed by atoms with van der Waals surface area (Å²) >= 11 is 1.48. The summed E-state index contributed by atoms with van der Waals surface area (Å²) in [5.74, 6) is 1.21. The Labute approximate surface area is 99.9 Å². The average molecular weight is 239 g/mol. The van der Waals surface area contributed by atoms with Gasteiger partial charge in [0.15, 0.2) is 0 Å². The maximum Gasteiger partial charge on any atom is 0.205 e. The predicted molar refractivity (Wildman–Crippen MR) is 64.9 cm³/mol. The topological polar surface area (TPSA) is 46.1 Å². The SMILES string of the molecule is CCCc1nsc(N2CCC(C=O)CC2)n1. The van der Waals surface area contributed by atoms with Crippen molar-refractivity contribution in [2.75, 3.05) is 18.0 Å². The molecule has 0 spiro atoms. The largest absolute Gasteiger partial charge is 0.347 e. The van der Waals surface area contributed by atoms with Crippen LogP contribution in [0.2, 0.25) is 0 Å². The number of aryl methyl sites for hydroxylation is 1. The molecular formula is C11H17N3OS. The third-order valence-corrected chi connectivity index (χ3v) is 3.75. The van der Waals surface area contributed by atoms with E-state index in [1.54, 1.807) is 0 Å². The molecule has 0 amide bonds. The Bertz CT molecular complexity index is 345. The molecule has 4 nitrogen and oxygen atoms in total. The van der Waals surface area contributed by atoms with E-state index in [0.29, 0.717) is 0 Å². The highest BCUT2D eigenvalue weighted by molar-refractivity contribution is 7.09. The number of anilines is 1. The number of nitrogens with zero attached hydrogens (tertiary/aromatic N) is 3. The zero-order valence-electron chi connectivity index (χ0n) is 9.56. The van der Waals surface area contributed by atoms with Gasteiger partial charge in [0.25, 0.3) is 0 Å². The minimum Gasteiger partial charge on any atom is -0.347 e. The highest BCUT2D eigenvalue weighted by Gasteiger charge is 2.21. The van der Waals surface area contributed by atoms with Crippen LogP contribution in [0.15, 0.2) is 0 Å². The van der Waals surface area contributed by atoms with Gasteiger partial charge in [-0.15, -0.1) is 0 Å². The van der Waals surface area contributed by atoms with E-state index in [-0.39, 0.29) is 5.92 Å². The molecule has 0 radical (unpaired) electrons. The summed E-state index contributed by atoms with van der Waals surface area (Å²) in [5.41, 5.74) is 0. The average Bonchev–Trinajstić information content (AvgIpc) is 2.78. The number of aldehydes is 1. The smallest absolute Gasteiger partial charge is 0.205 e. The zero-order chi connectivity index (χ0) is 11.4. The van der Waals surface area contributed by atoms with Gasteiger partial charge in [-0.25, -0.2) is 4.98 Å². The van der Waals surface area contributed by atoms with Crippen molar-refractivity contribution >= 4 is 23.0 Å². The summed E-state index contributed by atoms with van der Waals surface area (Å²) in [6.07, 6.45) is 5.03. The number of carbonyl (C=O) groups is 1. The van der Waals surface area contributed by atoms with Crippen LogP contribution in [-0.2, 0) is 11.2 Å². The molecule has 2 heterocycles. The first-order chi connectivity index (χ1) is 7.83. The number of rotatable bonds is 4. The molecule has 0 aliphatic carbocycles. The van der Waals surface area contributed by atoms with E-state index >= 15 is 0 Å². The van der Waals surface area contributed by atoms with Crippen LogP contribution < -0.4 is 4.90 Å². The highest BCUT2D eigenvalue weighted by Crippen LogP contribution is 2.23. The molecule has 0 N–H and O–H groups in total. The van der Waals surface area contributed by atoms with Crippen molar-refractivity contribution < 1.29 is 4.79 Å². The first kappa shape index (κ1) is 11.5. The zero-order valence-corrected chi connectivity index (χ0v) is 10.4. The van der Waals surface area contributed by atoms with E-state index in [9.17, 15) is 4.79 Å². The maximum atomic E-state index is 10.6. The standard InChI is InChI=1S/C11H17N3OS/c1-2-3-10-12-11(16-13-10)14-6-4-9(8-15)5-7-14/h8-9H,2-7H2,1H3. The summed E-state index contributed by atoms with van der Waals surface area (Å²) in [7, 11) is 0. The van der Waals surface area contributed by atoms with Gasteiger partial charge in [0.2, 0.25) is 5.13 Å². The van der Waals surface area contributed by atoms with Gasteiger partial charge in [0.1, 0.15) is 12.1 Å². The first-order valence-electron chi connectivity index (χ1n) is 5.86. The van der Waals surface area contributed by atoms with Crippen molar-refractivity contribution in [3.05, 3.63) is 5.82 Å². The molecule has 1 aromatic rings. The Kier molecular flexibility index (Phi) is 3.88. The number of aromatic nitrogens is 2. The van der Waals surface area contributed by atoms with Crippen molar-refractivity contribution in [1.29, 1.82) is 0 Å². The lowest BCUT2D eigenvalue weighted by Gasteiger charge is -2.28. The van der Waals surface area contributed by atoms with Gasteiger partial charge in [-0.3, -0.25) is 0 Å². The van der Waals surface area contributed by atoms with Gasteiger partial charge in [0.05, 0.1) is 0 Å². The summed E-state index contributed by atoms with van der Waals surface area (Å²) < 4.78 is 4.34. The molecule has 5 heteroatoms. The van der Waals surface area contributed by atoms with Gasteiger partial charge in [-0.1, -0.05) is 6.92 Å². The van der Waals surface area contributed by atoms with Crippen LogP contribution in [0.5, 0.6) is 0 Å². The number of carbonyl (C=O) groups excluding carboxylic acids is 1. The Morgan fingerprint density at radius 3 is 2.88 bits per heavy atom. The van der Waals surface area contributed by atoms with Crippen LogP contribution in [0.1, 0.15) is 32.0 Å². The first-order valence-corrected chi connectivity index (χ1v) is 6.63. The second-order valence-electron chi connectivity index (χ2n) is 4.20. The Morgan fingerprint density at radius 2 is 2.25 bits per heavy atom. The van der Waals surface area contributed by atoms with E-state index in [4.69, 9.17) is 0 Å². The fraction of sp³-hybridized carbons (Fsp3) is 0.727. The summed E-state index contributed by atoms with van der Waals surface area (Å²) in [4.78, 5) is 17.4. The van der Waals surface area contributed by atoms with Gasteiger partial charge < -0.3 is 9.69 Å². The Morgan fingerprint density at radius 1 is 1.50 bits per heavy atom. The monoisotopic (exact) mass is 239 g/mol. The minimum atomic E-state index is 0.249. The summed E-state index contributed by atoms with van der Waals surface area (Å²) in [5, 5.41) is 1.02. The van der Waals surface area contributed by atoms with Crippen LogP contribution in [-0.4, -0.2) is 28.7 Å². The normalized spacial score (nSPS) is 17.7. The van der Waals surface area contributed by atoms with Crippen LogP contribution in [0.3, 0.4) is 0 Å². The molecule has 0 saturated carbocycles. The van der Waals surface area contributed by atoms with Crippen LogP contribution in [0.4, 0.5) is 5.13 Å². The number of hydrogen-bond donors (Lipinski definition) is 0. The molecule has 1 aromatic heterocycles. The van der Waals surface area contributed by atoms with Crippen LogP contribution in [0.25, 0.3) is 0 Å². The second-order valence-corrected chi connectivity index (χ2v) is 4.93. The quantitative estimate of drug-likeness (QED) is 0.753. The fourth-order valence-electron chi connectivity index (χ4n) is 1.93. The molecule has 1 aliphatic heterocycles. The van der Waals surface area contributed by atoms with E-state index in [2.05, 4.69) is 21.2 Å². The van der Waals surface area contributed by atoms with Gasteiger partial charge in [-0.2, -0.15) is 4.37 Å². The summed E-state index contributed by atoms with van der Waals surface area (Å²) in [6, 6.07) is 0. The maximum absolute atomic E-state index is 10.6. The Balaban J connectivity index is 1.94. The number of hydrogen-bond acceptors (Lipinski definition) is 5. The van der Waals surface area contributed by atoms with E-state index < -0.39 is 0 Å². The van der Waals surface area contributed by atoms with Crippen molar-refractivity contribution in [3.63, 3.8) is 0 Å². The highest BCUT2D eigenvalue weighted by atomic mass is 32.1. The third kappa shape index (κ3) is 2.58. The van der Waals surface area contributed by atoms with E-state index in [1.807, 2.05) is 0 Å². The van der Waals surface area contributed by atoms with Crippen molar-refractivity contribution in [3.8, 4) is 0 Å². The minimum absolute atomic E-state index is 0.249. The predicted octanol–water partition coefficient (Wildman–Crippen LogP) is 1.91. The molecule has 0 aromatic carbocycles. The molecule has 0 atom stereocenters.